The van der Waals surface area contributed by atoms with Gasteiger partial charge in [0.05, 0.1) is 18.8 Å². The molecular formula is C20H20F2N2O4. The second kappa shape index (κ2) is 10.2. The Hall–Kier alpha value is -3.26. The fraction of sp³-hybridized carbons (Fsp3) is 0.200. The van der Waals surface area contributed by atoms with Gasteiger partial charge in [-0.15, -0.1) is 0 Å². The van der Waals surface area contributed by atoms with E-state index in [1.165, 1.54) is 6.08 Å². The fourth-order valence-electron chi connectivity index (χ4n) is 2.28. The van der Waals surface area contributed by atoms with E-state index >= 15 is 0 Å². The minimum Gasteiger partial charge on any atom is -0.494 e. The van der Waals surface area contributed by atoms with Gasteiger partial charge in [-0.1, -0.05) is 12.1 Å². The molecule has 0 aliphatic heterocycles. The number of rotatable bonds is 8. The third-order valence-corrected chi connectivity index (χ3v) is 3.57. The Morgan fingerprint density at radius 2 is 1.86 bits per heavy atom. The Morgan fingerprint density at radius 1 is 1.14 bits per heavy atom. The quantitative estimate of drug-likeness (QED) is 0.604. The first-order valence-electron chi connectivity index (χ1n) is 8.54. The zero-order valence-electron chi connectivity index (χ0n) is 15.2. The maximum absolute atomic E-state index is 13.8. The summed E-state index contributed by atoms with van der Waals surface area (Å²) >= 11 is 0. The van der Waals surface area contributed by atoms with Crippen molar-refractivity contribution in [1.29, 1.82) is 0 Å². The molecule has 0 unspecified atom stereocenters. The number of carbonyl (C=O) groups is 2. The fourth-order valence-corrected chi connectivity index (χ4v) is 2.28. The molecule has 0 aliphatic carbocycles. The van der Waals surface area contributed by atoms with Gasteiger partial charge >= 0.3 is 0 Å². The van der Waals surface area contributed by atoms with E-state index in [1.54, 1.807) is 24.3 Å². The molecule has 0 bridgehead atoms. The van der Waals surface area contributed by atoms with Crippen molar-refractivity contribution in [3.63, 3.8) is 0 Å². The molecule has 148 valence electrons. The SMILES string of the molecule is CCOc1ccc(/C=C(\NC(=O)c2ccc(F)cc2F)C(=O)NCCO)cc1. The molecule has 0 fully saturated rings. The van der Waals surface area contributed by atoms with Crippen molar-refractivity contribution in [3.05, 3.63) is 70.9 Å². The summed E-state index contributed by atoms with van der Waals surface area (Å²) in [7, 11) is 0. The van der Waals surface area contributed by atoms with E-state index in [2.05, 4.69) is 10.6 Å². The highest BCUT2D eigenvalue weighted by Crippen LogP contribution is 2.15. The van der Waals surface area contributed by atoms with Crippen LogP contribution in [-0.4, -0.2) is 36.7 Å². The smallest absolute Gasteiger partial charge is 0.267 e. The Labute approximate surface area is 160 Å². The van der Waals surface area contributed by atoms with Crippen LogP contribution < -0.4 is 15.4 Å². The maximum Gasteiger partial charge on any atom is 0.267 e. The van der Waals surface area contributed by atoms with E-state index in [1.807, 2.05) is 6.92 Å². The molecule has 0 aromatic heterocycles. The number of ether oxygens (including phenoxy) is 1. The first-order valence-corrected chi connectivity index (χ1v) is 8.54. The lowest BCUT2D eigenvalue weighted by atomic mass is 10.1. The topological polar surface area (TPSA) is 87.7 Å². The number of halogens is 2. The second-order valence-corrected chi connectivity index (χ2v) is 5.62. The van der Waals surface area contributed by atoms with Crippen LogP contribution in [-0.2, 0) is 4.79 Å². The van der Waals surface area contributed by atoms with E-state index in [0.717, 1.165) is 12.1 Å². The summed E-state index contributed by atoms with van der Waals surface area (Å²) in [6.45, 7) is 2.04. The number of nitrogens with one attached hydrogen (secondary N) is 2. The molecule has 0 radical (unpaired) electrons. The second-order valence-electron chi connectivity index (χ2n) is 5.62. The molecular weight excluding hydrogens is 370 g/mol. The van der Waals surface area contributed by atoms with Crippen LogP contribution in [0.2, 0.25) is 0 Å². The maximum atomic E-state index is 13.8. The summed E-state index contributed by atoms with van der Waals surface area (Å²) in [6, 6.07) is 9.25. The van der Waals surface area contributed by atoms with E-state index < -0.39 is 29.0 Å². The molecule has 2 aromatic rings. The number of hydrogen-bond donors (Lipinski definition) is 3. The lowest BCUT2D eigenvalue weighted by molar-refractivity contribution is -0.117. The number of benzene rings is 2. The number of carbonyl (C=O) groups excluding carboxylic acids is 2. The van der Waals surface area contributed by atoms with Gasteiger partial charge < -0.3 is 20.5 Å². The van der Waals surface area contributed by atoms with Crippen LogP contribution in [0.5, 0.6) is 5.75 Å². The monoisotopic (exact) mass is 390 g/mol. The average Bonchev–Trinajstić information content (AvgIpc) is 2.67. The summed E-state index contributed by atoms with van der Waals surface area (Å²) in [5.41, 5.74) is 0.0118. The number of aliphatic hydroxyl groups is 1. The molecule has 2 rings (SSSR count). The molecule has 2 amide bonds. The molecule has 0 spiro atoms. The predicted octanol–water partition coefficient (Wildman–Crippen LogP) is 2.24. The summed E-state index contributed by atoms with van der Waals surface area (Å²) in [4.78, 5) is 24.6. The van der Waals surface area contributed by atoms with Crippen molar-refractivity contribution < 1.29 is 28.2 Å². The van der Waals surface area contributed by atoms with Crippen LogP contribution in [0.4, 0.5) is 8.78 Å². The number of amides is 2. The van der Waals surface area contributed by atoms with Crippen molar-refractivity contribution in [2.75, 3.05) is 19.8 Å². The molecule has 0 atom stereocenters. The van der Waals surface area contributed by atoms with Crippen LogP contribution in [0, 0.1) is 11.6 Å². The van der Waals surface area contributed by atoms with Crippen molar-refractivity contribution in [2.45, 2.75) is 6.92 Å². The highest BCUT2D eigenvalue weighted by molar-refractivity contribution is 6.05. The first kappa shape index (κ1) is 21.0. The Morgan fingerprint density at radius 3 is 2.46 bits per heavy atom. The summed E-state index contributed by atoms with van der Waals surface area (Å²) < 4.78 is 32.2. The van der Waals surface area contributed by atoms with Crippen LogP contribution >= 0.6 is 0 Å². The predicted molar refractivity (Wildman–Crippen MR) is 99.5 cm³/mol. The van der Waals surface area contributed by atoms with Gasteiger partial charge in [-0.25, -0.2) is 8.78 Å². The number of aliphatic hydroxyl groups excluding tert-OH is 1. The van der Waals surface area contributed by atoms with Crippen molar-refractivity contribution in [1.82, 2.24) is 10.6 Å². The highest BCUT2D eigenvalue weighted by Gasteiger charge is 2.17. The molecule has 0 aliphatic rings. The van der Waals surface area contributed by atoms with Crippen LogP contribution in [0.1, 0.15) is 22.8 Å². The van der Waals surface area contributed by atoms with E-state index in [9.17, 15) is 18.4 Å². The first-order chi connectivity index (χ1) is 13.4. The highest BCUT2D eigenvalue weighted by atomic mass is 19.1. The molecule has 2 aromatic carbocycles. The molecule has 3 N–H and O–H groups in total. The average molecular weight is 390 g/mol. The van der Waals surface area contributed by atoms with E-state index in [4.69, 9.17) is 9.84 Å². The molecule has 0 saturated heterocycles. The van der Waals surface area contributed by atoms with Gasteiger partial charge in [0.1, 0.15) is 23.1 Å². The third-order valence-electron chi connectivity index (χ3n) is 3.57. The normalized spacial score (nSPS) is 11.1. The molecule has 0 saturated carbocycles. The van der Waals surface area contributed by atoms with E-state index in [0.29, 0.717) is 24.0 Å². The lowest BCUT2D eigenvalue weighted by Gasteiger charge is -2.11. The van der Waals surface area contributed by atoms with Crippen LogP contribution in [0.15, 0.2) is 48.2 Å². The van der Waals surface area contributed by atoms with Crippen molar-refractivity contribution >= 4 is 17.9 Å². The summed E-state index contributed by atoms with van der Waals surface area (Å²) in [5.74, 6) is -2.80. The largest absolute Gasteiger partial charge is 0.494 e. The molecule has 28 heavy (non-hydrogen) atoms. The molecule has 0 heterocycles. The molecule has 6 nitrogen and oxygen atoms in total. The van der Waals surface area contributed by atoms with Gasteiger partial charge in [0.15, 0.2) is 0 Å². The third kappa shape index (κ3) is 5.88. The Kier molecular flexibility index (Phi) is 7.65. The van der Waals surface area contributed by atoms with Gasteiger partial charge in [0.2, 0.25) is 0 Å². The minimum absolute atomic E-state index is 0.0275. The lowest BCUT2D eigenvalue weighted by Crippen LogP contribution is -2.36. The summed E-state index contributed by atoms with van der Waals surface area (Å²) in [6.07, 6.45) is 1.39. The van der Waals surface area contributed by atoms with Gasteiger partial charge in [0, 0.05) is 12.6 Å². The van der Waals surface area contributed by atoms with Gasteiger partial charge in [0.25, 0.3) is 11.8 Å². The minimum atomic E-state index is -1.05. The standard InChI is InChI=1S/C20H20F2N2O4/c1-2-28-15-6-3-13(4-7-15)11-18(20(27)23-9-10-25)24-19(26)16-8-5-14(21)12-17(16)22/h3-8,11-12,25H,2,9-10H2,1H3,(H,23,27)(H,24,26)/b18-11-. The van der Waals surface area contributed by atoms with Gasteiger partial charge in [-0.3, -0.25) is 9.59 Å². The zero-order valence-corrected chi connectivity index (χ0v) is 15.2. The Balaban J connectivity index is 2.27. The van der Waals surface area contributed by atoms with Crippen molar-refractivity contribution in [2.24, 2.45) is 0 Å². The van der Waals surface area contributed by atoms with Crippen LogP contribution in [0.3, 0.4) is 0 Å². The van der Waals surface area contributed by atoms with Gasteiger partial charge in [-0.05, 0) is 42.8 Å². The number of hydrogen-bond acceptors (Lipinski definition) is 4. The summed E-state index contributed by atoms with van der Waals surface area (Å²) in [5, 5.41) is 13.6. The molecule has 8 heteroatoms. The van der Waals surface area contributed by atoms with Crippen LogP contribution in [0.25, 0.3) is 6.08 Å². The zero-order chi connectivity index (χ0) is 20.5. The Bertz CT molecular complexity index is 867. The van der Waals surface area contributed by atoms with Gasteiger partial charge in [-0.2, -0.15) is 0 Å². The van der Waals surface area contributed by atoms with Crippen molar-refractivity contribution in [3.8, 4) is 5.75 Å². The van der Waals surface area contributed by atoms with E-state index in [-0.39, 0.29) is 18.8 Å².